The minimum Gasteiger partial charge on any atom is -0.504 e. The van der Waals surface area contributed by atoms with Crippen LogP contribution in [0.5, 0.6) is 17.2 Å². The number of primary amides is 1. The quantitative estimate of drug-likeness (QED) is 0.406. The first-order valence-electron chi connectivity index (χ1n) is 7.58. The van der Waals surface area contributed by atoms with Gasteiger partial charge >= 0.3 is 6.03 Å². The summed E-state index contributed by atoms with van der Waals surface area (Å²) >= 11 is 0. The molecule has 0 fully saturated rings. The fraction of sp³-hybridized carbons (Fsp3) is 0.111. The predicted octanol–water partition coefficient (Wildman–Crippen LogP) is 2.23. The Kier molecular flexibility index (Phi) is 6.23. The number of nitrogens with one attached hydrogen (secondary N) is 1. The standard InChI is InChI=1S/C17H14O5.CH4N2O2/c1-20-11-5-3-10(4-6-11)13-9-22-16-12(15(13)19)7-8-14(18)17(16)21-2;2-1(4)3-5/h3-9,18H,1-2H3;5H,(H3,2,3,4). The van der Waals surface area contributed by atoms with E-state index in [1.54, 1.807) is 31.4 Å². The summed E-state index contributed by atoms with van der Waals surface area (Å²) in [6, 6.07) is 9.11. The van der Waals surface area contributed by atoms with E-state index in [-0.39, 0.29) is 22.5 Å². The molecule has 3 aromatic rings. The molecule has 0 spiro atoms. The Balaban J connectivity index is 0.000000465. The zero-order chi connectivity index (χ0) is 20.0. The van der Waals surface area contributed by atoms with E-state index >= 15 is 0 Å². The maximum absolute atomic E-state index is 12.6. The van der Waals surface area contributed by atoms with Gasteiger partial charge in [-0.2, -0.15) is 0 Å². The van der Waals surface area contributed by atoms with E-state index in [0.717, 1.165) is 5.56 Å². The van der Waals surface area contributed by atoms with Crippen LogP contribution < -0.4 is 26.1 Å². The van der Waals surface area contributed by atoms with Crippen molar-refractivity contribution in [2.75, 3.05) is 14.2 Å². The lowest BCUT2D eigenvalue weighted by atomic mass is 10.1. The summed E-state index contributed by atoms with van der Waals surface area (Å²) in [5.41, 5.74) is 6.65. The minimum absolute atomic E-state index is 0.0738. The van der Waals surface area contributed by atoms with Crippen LogP contribution in [0.3, 0.4) is 0 Å². The molecule has 5 N–H and O–H groups in total. The van der Waals surface area contributed by atoms with E-state index in [4.69, 9.17) is 19.1 Å². The third kappa shape index (κ3) is 4.28. The molecular formula is C18H18N2O7. The smallest absolute Gasteiger partial charge is 0.335 e. The molecule has 0 unspecified atom stereocenters. The van der Waals surface area contributed by atoms with Gasteiger partial charge in [0.2, 0.25) is 11.2 Å². The summed E-state index contributed by atoms with van der Waals surface area (Å²) in [5.74, 6) is 0.784. The molecule has 0 aliphatic carbocycles. The normalized spacial score (nSPS) is 9.89. The Morgan fingerprint density at radius 2 is 1.74 bits per heavy atom. The second-order valence-electron chi connectivity index (χ2n) is 5.18. The molecule has 1 heterocycles. The average Bonchev–Trinajstić information content (AvgIpc) is 2.69. The van der Waals surface area contributed by atoms with Crippen LogP contribution in [0.15, 0.2) is 51.9 Å². The highest BCUT2D eigenvalue weighted by Crippen LogP contribution is 2.34. The fourth-order valence-corrected chi connectivity index (χ4v) is 2.33. The molecule has 2 aromatic carbocycles. The molecule has 27 heavy (non-hydrogen) atoms. The summed E-state index contributed by atoms with van der Waals surface area (Å²) in [5, 5.41) is 17.5. The zero-order valence-electron chi connectivity index (χ0n) is 14.6. The summed E-state index contributed by atoms with van der Waals surface area (Å²) in [4.78, 5) is 21.9. The van der Waals surface area contributed by atoms with Gasteiger partial charge in [-0.3, -0.25) is 10.0 Å². The number of benzene rings is 2. The highest BCUT2D eigenvalue weighted by atomic mass is 16.5. The number of phenolic OH excluding ortho intramolecular Hbond substituents is 1. The first-order chi connectivity index (χ1) is 12.9. The van der Waals surface area contributed by atoms with E-state index in [1.807, 2.05) is 0 Å². The lowest BCUT2D eigenvalue weighted by Gasteiger charge is -2.08. The molecule has 9 nitrogen and oxygen atoms in total. The Hall–Kier alpha value is -3.72. The van der Waals surface area contributed by atoms with Crippen LogP contribution in [0.2, 0.25) is 0 Å². The molecule has 3 rings (SSSR count). The average molecular weight is 374 g/mol. The van der Waals surface area contributed by atoms with Crippen molar-refractivity contribution < 1.29 is 29.0 Å². The van der Waals surface area contributed by atoms with E-state index in [9.17, 15) is 14.7 Å². The number of methoxy groups -OCH3 is 2. The van der Waals surface area contributed by atoms with Gasteiger partial charge in [0.15, 0.2) is 11.3 Å². The van der Waals surface area contributed by atoms with Crippen LogP contribution in [0, 0.1) is 0 Å². The maximum Gasteiger partial charge on any atom is 0.335 e. The van der Waals surface area contributed by atoms with Crippen molar-refractivity contribution in [3.63, 3.8) is 0 Å². The van der Waals surface area contributed by atoms with Gasteiger partial charge in [0, 0.05) is 0 Å². The van der Waals surface area contributed by atoms with Crippen molar-refractivity contribution in [1.29, 1.82) is 0 Å². The molecule has 0 saturated heterocycles. The predicted molar refractivity (Wildman–Crippen MR) is 97.2 cm³/mol. The molecule has 0 radical (unpaired) electrons. The van der Waals surface area contributed by atoms with E-state index in [2.05, 4.69) is 5.73 Å². The van der Waals surface area contributed by atoms with Gasteiger partial charge in [0.25, 0.3) is 0 Å². The molecule has 0 aliphatic rings. The van der Waals surface area contributed by atoms with Crippen LogP contribution in [0.1, 0.15) is 0 Å². The van der Waals surface area contributed by atoms with Gasteiger partial charge in [0.05, 0.1) is 25.2 Å². The van der Waals surface area contributed by atoms with E-state index in [1.165, 1.54) is 31.0 Å². The largest absolute Gasteiger partial charge is 0.504 e. The molecule has 0 aliphatic heterocycles. The van der Waals surface area contributed by atoms with E-state index in [0.29, 0.717) is 16.7 Å². The number of fused-ring (bicyclic) bond motifs is 1. The summed E-state index contributed by atoms with van der Waals surface area (Å²) in [6.07, 6.45) is 1.37. The Bertz CT molecular complexity index is 997. The van der Waals surface area contributed by atoms with Crippen molar-refractivity contribution in [3.8, 4) is 28.4 Å². The van der Waals surface area contributed by atoms with Crippen LogP contribution in [-0.2, 0) is 0 Å². The van der Waals surface area contributed by atoms with Crippen molar-refractivity contribution in [2.45, 2.75) is 0 Å². The van der Waals surface area contributed by atoms with Gasteiger partial charge in [-0.25, -0.2) is 10.3 Å². The highest BCUT2D eigenvalue weighted by Gasteiger charge is 2.15. The van der Waals surface area contributed by atoms with Crippen LogP contribution in [0.4, 0.5) is 4.79 Å². The lowest BCUT2D eigenvalue weighted by Crippen LogP contribution is -2.25. The number of carbonyl (C=O) groups is 1. The first kappa shape index (κ1) is 19.6. The fourth-order valence-electron chi connectivity index (χ4n) is 2.33. The van der Waals surface area contributed by atoms with E-state index < -0.39 is 6.03 Å². The highest BCUT2D eigenvalue weighted by molar-refractivity contribution is 5.88. The lowest BCUT2D eigenvalue weighted by molar-refractivity contribution is 0.169. The van der Waals surface area contributed by atoms with Gasteiger partial charge in [-0.1, -0.05) is 12.1 Å². The van der Waals surface area contributed by atoms with Crippen molar-refractivity contribution >= 4 is 17.0 Å². The van der Waals surface area contributed by atoms with Crippen LogP contribution in [0.25, 0.3) is 22.1 Å². The number of rotatable bonds is 3. The summed E-state index contributed by atoms with van der Waals surface area (Å²) in [6.45, 7) is 0. The number of ether oxygens (including phenoxy) is 2. The Morgan fingerprint density at radius 1 is 1.11 bits per heavy atom. The SMILES string of the molecule is COc1ccc(-c2coc3c(OC)c(O)ccc3c2=O)cc1.NC(=O)NO. The second-order valence-corrected chi connectivity index (χ2v) is 5.18. The zero-order valence-corrected chi connectivity index (χ0v) is 14.6. The van der Waals surface area contributed by atoms with Crippen molar-refractivity contribution in [2.24, 2.45) is 5.73 Å². The number of urea groups is 1. The molecule has 2 amide bonds. The second kappa shape index (κ2) is 8.59. The number of carbonyl (C=O) groups excluding carboxylic acids is 1. The minimum atomic E-state index is -0.940. The summed E-state index contributed by atoms with van der Waals surface area (Å²) < 4.78 is 15.7. The number of hydrogen-bond acceptors (Lipinski definition) is 7. The van der Waals surface area contributed by atoms with Crippen molar-refractivity contribution in [1.82, 2.24) is 5.48 Å². The molecule has 1 aromatic heterocycles. The number of nitrogens with two attached hydrogens (primary N) is 1. The van der Waals surface area contributed by atoms with Gasteiger partial charge < -0.3 is 24.7 Å². The number of aromatic hydroxyl groups is 1. The Labute approximate surface area is 153 Å². The third-order valence-corrected chi connectivity index (χ3v) is 3.59. The number of amides is 2. The Morgan fingerprint density at radius 3 is 2.26 bits per heavy atom. The van der Waals surface area contributed by atoms with Gasteiger partial charge in [0.1, 0.15) is 12.0 Å². The molecule has 0 bridgehead atoms. The molecule has 142 valence electrons. The van der Waals surface area contributed by atoms with Gasteiger partial charge in [-0.15, -0.1) is 0 Å². The van der Waals surface area contributed by atoms with Gasteiger partial charge in [-0.05, 0) is 29.8 Å². The molecular weight excluding hydrogens is 356 g/mol. The van der Waals surface area contributed by atoms with Crippen molar-refractivity contribution in [3.05, 3.63) is 52.9 Å². The first-order valence-corrected chi connectivity index (χ1v) is 7.58. The molecule has 0 atom stereocenters. The molecule has 9 heteroatoms. The topological polar surface area (TPSA) is 144 Å². The van der Waals surface area contributed by atoms with Crippen LogP contribution in [-0.4, -0.2) is 30.6 Å². The summed E-state index contributed by atoms with van der Waals surface area (Å²) in [7, 11) is 2.99. The monoisotopic (exact) mass is 374 g/mol. The third-order valence-electron chi connectivity index (χ3n) is 3.59. The maximum atomic E-state index is 12.6. The number of phenols is 1. The number of hydroxylamine groups is 1. The van der Waals surface area contributed by atoms with Crippen LogP contribution >= 0.6 is 0 Å². The molecule has 0 saturated carbocycles. The number of hydrogen-bond donors (Lipinski definition) is 4.